The molecule has 0 aromatic carbocycles. The standard InChI is InChI=1S/C6H10O4/c7-5(8)3-1-2-4-6(5,9)10/h1,3,7-10H,2,4H2/i7D. The number of allylic oxidation sites excluding steroid dienone is 1. The highest BCUT2D eigenvalue weighted by atomic mass is 16.6. The van der Waals surface area contributed by atoms with E-state index in [9.17, 15) is 5.11 Å². The lowest BCUT2D eigenvalue weighted by molar-refractivity contribution is -0.338. The average Bonchev–Trinajstić information content (AvgIpc) is 1.95. The molecule has 1 rings (SSSR count). The van der Waals surface area contributed by atoms with Gasteiger partial charge in [-0.15, -0.1) is 0 Å². The zero-order chi connectivity index (χ0) is 8.54. The van der Waals surface area contributed by atoms with Crippen molar-refractivity contribution >= 4 is 0 Å². The van der Waals surface area contributed by atoms with Gasteiger partial charge in [-0.1, -0.05) is 6.08 Å². The third-order valence-electron chi connectivity index (χ3n) is 1.58. The predicted molar refractivity (Wildman–Crippen MR) is 32.7 cm³/mol. The van der Waals surface area contributed by atoms with Crippen LogP contribution in [0.15, 0.2) is 12.2 Å². The Hall–Kier alpha value is -0.420. The highest BCUT2D eigenvalue weighted by Crippen LogP contribution is 2.27. The maximum Gasteiger partial charge on any atom is 0.238 e. The van der Waals surface area contributed by atoms with Crippen LogP contribution in [0.1, 0.15) is 12.8 Å². The lowest BCUT2D eigenvalue weighted by Gasteiger charge is -2.34. The van der Waals surface area contributed by atoms with Crippen molar-refractivity contribution in [2.75, 3.05) is 0 Å². The summed E-state index contributed by atoms with van der Waals surface area (Å²) < 4.78 is 6.43. The van der Waals surface area contributed by atoms with E-state index in [2.05, 4.69) is 5.11 Å². The Labute approximate surface area is 59.5 Å². The number of hydrogen-bond donors (Lipinski definition) is 4. The first kappa shape index (κ1) is 6.30. The highest BCUT2D eigenvalue weighted by molar-refractivity contribution is 5.06. The van der Waals surface area contributed by atoms with Crippen molar-refractivity contribution in [1.82, 2.24) is 0 Å². The van der Waals surface area contributed by atoms with Crippen LogP contribution in [0.2, 0.25) is 0 Å². The van der Waals surface area contributed by atoms with E-state index >= 15 is 0 Å². The third-order valence-corrected chi connectivity index (χ3v) is 1.58. The van der Waals surface area contributed by atoms with E-state index in [0.717, 1.165) is 6.08 Å². The van der Waals surface area contributed by atoms with E-state index in [1.54, 1.807) is 0 Å². The molecule has 0 radical (unpaired) electrons. The van der Waals surface area contributed by atoms with Gasteiger partial charge in [0.2, 0.25) is 13.0 Å². The summed E-state index contributed by atoms with van der Waals surface area (Å²) in [7, 11) is 0. The number of rotatable bonds is 1. The van der Waals surface area contributed by atoms with Crippen LogP contribution >= 0.6 is 0 Å². The Bertz CT molecular complexity index is 179. The van der Waals surface area contributed by atoms with E-state index in [4.69, 9.17) is 11.6 Å². The van der Waals surface area contributed by atoms with Gasteiger partial charge in [0.25, 0.3) is 0 Å². The SMILES string of the molecule is [2H]OC1(O)C=CCCC1(O)O. The fourth-order valence-corrected chi connectivity index (χ4v) is 0.840. The Morgan fingerprint density at radius 2 is 2.10 bits per heavy atom. The largest absolute Gasteiger partial charge is 0.361 e. The quantitative estimate of drug-likeness (QED) is 0.274. The van der Waals surface area contributed by atoms with Gasteiger partial charge in [0.1, 0.15) is 0 Å². The molecule has 0 bridgehead atoms. The molecule has 0 aliphatic heterocycles. The number of aliphatic hydroxyl groups is 4. The Balaban J connectivity index is 2.89. The van der Waals surface area contributed by atoms with E-state index < -0.39 is 11.6 Å². The van der Waals surface area contributed by atoms with Crippen LogP contribution in [0, 0.1) is 0 Å². The van der Waals surface area contributed by atoms with Crippen molar-refractivity contribution in [3.8, 4) is 0 Å². The maximum absolute atomic E-state index is 9.21. The molecule has 10 heavy (non-hydrogen) atoms. The van der Waals surface area contributed by atoms with Crippen molar-refractivity contribution in [1.29, 1.82) is 1.43 Å². The summed E-state index contributed by atoms with van der Waals surface area (Å²) in [5, 5.41) is 31.2. The highest BCUT2D eigenvalue weighted by Gasteiger charge is 2.46. The van der Waals surface area contributed by atoms with Crippen molar-refractivity contribution in [3.63, 3.8) is 0 Å². The van der Waals surface area contributed by atoms with Gasteiger partial charge in [0.15, 0.2) is 0 Å². The van der Waals surface area contributed by atoms with Gasteiger partial charge in [-0.25, -0.2) is 0 Å². The Morgan fingerprint density at radius 3 is 2.50 bits per heavy atom. The lowest BCUT2D eigenvalue weighted by Crippen LogP contribution is -2.54. The van der Waals surface area contributed by atoms with E-state index in [1.165, 1.54) is 6.08 Å². The first-order valence-corrected chi connectivity index (χ1v) is 3.01. The summed E-state index contributed by atoms with van der Waals surface area (Å²) in [4.78, 5) is 0. The first-order valence-electron chi connectivity index (χ1n) is 3.42. The Morgan fingerprint density at radius 1 is 1.40 bits per heavy atom. The van der Waals surface area contributed by atoms with Crippen LogP contribution in [0.4, 0.5) is 0 Å². The van der Waals surface area contributed by atoms with Gasteiger partial charge < -0.3 is 20.4 Å². The summed E-state index contributed by atoms with van der Waals surface area (Å²) in [5.41, 5.74) is 0. The van der Waals surface area contributed by atoms with Gasteiger partial charge in [-0.2, -0.15) is 0 Å². The lowest BCUT2D eigenvalue weighted by atomic mass is 9.95. The number of hydrogen-bond acceptors (Lipinski definition) is 4. The molecule has 0 aromatic heterocycles. The van der Waals surface area contributed by atoms with Crippen molar-refractivity contribution in [2.24, 2.45) is 0 Å². The van der Waals surface area contributed by atoms with Crippen molar-refractivity contribution < 1.29 is 20.4 Å². The molecule has 0 heterocycles. The van der Waals surface area contributed by atoms with Crippen molar-refractivity contribution in [2.45, 2.75) is 24.4 Å². The Kier molecular flexibility index (Phi) is 1.28. The van der Waals surface area contributed by atoms with E-state index in [-0.39, 0.29) is 6.42 Å². The molecule has 4 nitrogen and oxygen atoms in total. The minimum atomic E-state index is -2.36. The summed E-state index contributed by atoms with van der Waals surface area (Å²) in [6, 6.07) is 0. The van der Waals surface area contributed by atoms with Gasteiger partial charge in [-0.05, 0) is 12.5 Å². The molecule has 4 N–H and O–H groups in total. The molecule has 1 atom stereocenters. The minimum absolute atomic E-state index is 0.0428. The zero-order valence-electron chi connectivity index (χ0n) is 6.32. The van der Waals surface area contributed by atoms with Crippen LogP contribution < -0.4 is 0 Å². The summed E-state index contributed by atoms with van der Waals surface area (Å²) in [5.74, 6) is -4.64. The fraction of sp³-hybridized carbons (Fsp3) is 0.667. The molecule has 0 saturated carbocycles. The minimum Gasteiger partial charge on any atom is -0.361 e. The van der Waals surface area contributed by atoms with Crippen LogP contribution in [0.3, 0.4) is 0 Å². The molecular formula is C6H10O4. The van der Waals surface area contributed by atoms with E-state index in [1.807, 2.05) is 0 Å². The molecule has 58 valence electrons. The molecule has 1 aliphatic rings. The van der Waals surface area contributed by atoms with Gasteiger partial charge in [0, 0.05) is 6.42 Å². The van der Waals surface area contributed by atoms with Crippen LogP contribution in [-0.2, 0) is 0 Å². The van der Waals surface area contributed by atoms with Crippen LogP contribution in [0.5, 0.6) is 0 Å². The molecule has 0 amide bonds. The summed E-state index contributed by atoms with van der Waals surface area (Å²) >= 11 is 0. The predicted octanol–water partition coefficient (Wildman–Crippen LogP) is -1.30. The molecular weight excluding hydrogens is 136 g/mol. The second-order valence-corrected chi connectivity index (χ2v) is 2.45. The molecule has 4 heteroatoms. The molecule has 0 saturated heterocycles. The van der Waals surface area contributed by atoms with E-state index in [0.29, 0.717) is 6.42 Å². The second kappa shape index (κ2) is 2.03. The molecule has 0 aromatic rings. The first-order chi connectivity index (χ1) is 5.02. The van der Waals surface area contributed by atoms with Crippen LogP contribution in [-0.4, -0.2) is 33.4 Å². The smallest absolute Gasteiger partial charge is 0.238 e. The average molecular weight is 147 g/mol. The zero-order valence-corrected chi connectivity index (χ0v) is 5.32. The van der Waals surface area contributed by atoms with Gasteiger partial charge in [0.05, 0.1) is 0 Å². The normalized spacial score (nSPS) is 39.3. The maximum atomic E-state index is 9.21. The summed E-state index contributed by atoms with van der Waals surface area (Å²) in [6.07, 6.45) is 2.99. The van der Waals surface area contributed by atoms with Gasteiger partial charge in [-0.3, -0.25) is 0 Å². The second-order valence-electron chi connectivity index (χ2n) is 2.45. The topological polar surface area (TPSA) is 80.9 Å². The molecule has 1 unspecified atom stereocenters. The van der Waals surface area contributed by atoms with Gasteiger partial charge >= 0.3 is 0 Å². The molecule has 0 spiro atoms. The molecule has 0 fully saturated rings. The fourth-order valence-electron chi connectivity index (χ4n) is 0.840. The molecule has 1 aliphatic carbocycles. The van der Waals surface area contributed by atoms with Crippen LogP contribution in [0.25, 0.3) is 0 Å². The summed E-state index contributed by atoms with van der Waals surface area (Å²) in [6.45, 7) is 0. The third kappa shape index (κ3) is 1.06. The van der Waals surface area contributed by atoms with Crippen molar-refractivity contribution in [3.05, 3.63) is 12.2 Å². The monoisotopic (exact) mass is 147 g/mol.